The monoisotopic (exact) mass is 215 g/mol. The van der Waals surface area contributed by atoms with Gasteiger partial charge in [0.2, 0.25) is 0 Å². The predicted molar refractivity (Wildman–Crippen MR) is 60.6 cm³/mol. The molecule has 16 heavy (non-hydrogen) atoms. The van der Waals surface area contributed by atoms with Crippen LogP contribution in [0.4, 0.5) is 5.69 Å². The molecule has 2 aromatic rings. The van der Waals surface area contributed by atoms with E-state index < -0.39 is 0 Å². The van der Waals surface area contributed by atoms with Crippen molar-refractivity contribution in [3.8, 4) is 6.07 Å². The second-order valence-electron chi connectivity index (χ2n) is 3.78. The summed E-state index contributed by atoms with van der Waals surface area (Å²) in [7, 11) is 1.87. The quantitative estimate of drug-likeness (QED) is 0.813. The van der Waals surface area contributed by atoms with Gasteiger partial charge in [0.15, 0.2) is 0 Å². The summed E-state index contributed by atoms with van der Waals surface area (Å²) in [6.45, 7) is 2.42. The van der Waals surface area contributed by atoms with Crippen molar-refractivity contribution in [2.75, 3.05) is 5.73 Å². The second kappa shape index (κ2) is 3.74. The van der Waals surface area contributed by atoms with Crippen LogP contribution in [-0.4, -0.2) is 14.3 Å². The number of nitrogens with two attached hydrogens (primary N) is 1. The van der Waals surface area contributed by atoms with Gasteiger partial charge in [0.05, 0.1) is 17.9 Å². The molecule has 0 atom stereocenters. The Morgan fingerprint density at radius 3 is 2.88 bits per heavy atom. The van der Waals surface area contributed by atoms with Crippen molar-refractivity contribution >= 4 is 5.69 Å². The summed E-state index contributed by atoms with van der Waals surface area (Å²) in [6, 6.07) is 4.08. The molecule has 0 aromatic carbocycles. The Bertz CT molecular complexity index is 555. The lowest BCUT2D eigenvalue weighted by atomic mass is 10.2. The SMILES string of the molecule is Cc1c(N)cn(Cc2ccn(C)n2)c1C#N. The normalized spacial score (nSPS) is 10.3. The number of anilines is 1. The molecule has 0 aliphatic rings. The third-order valence-electron chi connectivity index (χ3n) is 2.58. The molecular formula is C11H13N5. The number of hydrogen-bond acceptors (Lipinski definition) is 3. The molecule has 0 saturated heterocycles. The molecule has 2 heterocycles. The molecule has 2 aromatic heterocycles. The van der Waals surface area contributed by atoms with Gasteiger partial charge in [-0.05, 0) is 13.0 Å². The number of nitrogen functional groups attached to an aromatic ring is 1. The Morgan fingerprint density at radius 1 is 1.56 bits per heavy atom. The van der Waals surface area contributed by atoms with E-state index >= 15 is 0 Å². The van der Waals surface area contributed by atoms with Crippen LogP contribution in [0.5, 0.6) is 0 Å². The van der Waals surface area contributed by atoms with Crippen LogP contribution in [-0.2, 0) is 13.6 Å². The van der Waals surface area contributed by atoms with E-state index in [1.54, 1.807) is 10.9 Å². The van der Waals surface area contributed by atoms with Crippen LogP contribution in [0.1, 0.15) is 17.0 Å². The van der Waals surface area contributed by atoms with Gasteiger partial charge < -0.3 is 10.3 Å². The molecule has 0 spiro atoms. The fourth-order valence-electron chi connectivity index (χ4n) is 1.68. The van der Waals surface area contributed by atoms with Gasteiger partial charge in [-0.3, -0.25) is 4.68 Å². The Hall–Kier alpha value is -2.22. The van der Waals surface area contributed by atoms with Gasteiger partial charge in [0.25, 0.3) is 0 Å². The number of hydrogen-bond donors (Lipinski definition) is 1. The topological polar surface area (TPSA) is 72.6 Å². The molecule has 5 nitrogen and oxygen atoms in total. The molecule has 0 fully saturated rings. The third kappa shape index (κ3) is 1.65. The molecule has 0 radical (unpaired) electrons. The lowest BCUT2D eigenvalue weighted by Gasteiger charge is -2.01. The van der Waals surface area contributed by atoms with E-state index in [0.717, 1.165) is 11.3 Å². The van der Waals surface area contributed by atoms with Crippen LogP contribution in [0.15, 0.2) is 18.5 Å². The summed E-state index contributed by atoms with van der Waals surface area (Å²) in [5.41, 5.74) is 8.77. The highest BCUT2D eigenvalue weighted by atomic mass is 15.3. The van der Waals surface area contributed by atoms with Gasteiger partial charge >= 0.3 is 0 Å². The lowest BCUT2D eigenvalue weighted by Crippen LogP contribution is -2.02. The summed E-state index contributed by atoms with van der Waals surface area (Å²) < 4.78 is 3.56. The van der Waals surface area contributed by atoms with Crippen LogP contribution >= 0.6 is 0 Å². The Kier molecular flexibility index (Phi) is 2.41. The minimum Gasteiger partial charge on any atom is -0.397 e. The van der Waals surface area contributed by atoms with Crippen LogP contribution < -0.4 is 5.73 Å². The van der Waals surface area contributed by atoms with Gasteiger partial charge in [-0.1, -0.05) is 0 Å². The van der Waals surface area contributed by atoms with Gasteiger partial charge in [0, 0.05) is 25.0 Å². The molecule has 0 aliphatic heterocycles. The number of aromatic nitrogens is 3. The Labute approximate surface area is 93.7 Å². The highest BCUT2D eigenvalue weighted by molar-refractivity contribution is 5.53. The lowest BCUT2D eigenvalue weighted by molar-refractivity contribution is 0.704. The van der Waals surface area contributed by atoms with Crippen LogP contribution in [0, 0.1) is 18.3 Å². The second-order valence-corrected chi connectivity index (χ2v) is 3.78. The van der Waals surface area contributed by atoms with Crippen molar-refractivity contribution in [3.63, 3.8) is 0 Å². The maximum atomic E-state index is 9.04. The van der Waals surface area contributed by atoms with Crippen molar-refractivity contribution in [2.24, 2.45) is 7.05 Å². The first kappa shape index (κ1) is 10.3. The van der Waals surface area contributed by atoms with E-state index in [9.17, 15) is 0 Å². The molecule has 0 amide bonds. The molecule has 0 aliphatic carbocycles. The average Bonchev–Trinajstić information content (AvgIpc) is 2.74. The van der Waals surface area contributed by atoms with Crippen molar-refractivity contribution in [2.45, 2.75) is 13.5 Å². The molecule has 0 saturated carbocycles. The number of aryl methyl sites for hydroxylation is 1. The first-order chi connectivity index (χ1) is 7.61. The van der Waals surface area contributed by atoms with Gasteiger partial charge in [0.1, 0.15) is 11.8 Å². The zero-order valence-corrected chi connectivity index (χ0v) is 9.31. The van der Waals surface area contributed by atoms with Gasteiger partial charge in [-0.15, -0.1) is 0 Å². The first-order valence-electron chi connectivity index (χ1n) is 4.95. The zero-order chi connectivity index (χ0) is 11.7. The fourth-order valence-corrected chi connectivity index (χ4v) is 1.68. The highest BCUT2D eigenvalue weighted by Crippen LogP contribution is 2.18. The average molecular weight is 215 g/mol. The van der Waals surface area contributed by atoms with Crippen molar-refractivity contribution in [3.05, 3.63) is 35.4 Å². The largest absolute Gasteiger partial charge is 0.397 e. The summed E-state index contributed by atoms with van der Waals surface area (Å²) in [5.74, 6) is 0. The van der Waals surface area contributed by atoms with Gasteiger partial charge in [-0.25, -0.2) is 0 Å². The zero-order valence-electron chi connectivity index (χ0n) is 9.31. The molecule has 0 unspecified atom stereocenters. The maximum Gasteiger partial charge on any atom is 0.125 e. The highest BCUT2D eigenvalue weighted by Gasteiger charge is 2.10. The third-order valence-corrected chi connectivity index (χ3v) is 2.58. The molecule has 0 bridgehead atoms. The summed E-state index contributed by atoms with van der Waals surface area (Å²) in [6.07, 6.45) is 3.66. The standard InChI is InChI=1S/C11H13N5/c1-8-10(13)7-16(11(8)5-12)6-9-3-4-15(2)14-9/h3-4,7H,6,13H2,1-2H3. The van der Waals surface area contributed by atoms with E-state index in [4.69, 9.17) is 11.0 Å². The summed E-state index contributed by atoms with van der Waals surface area (Å²) in [5, 5.41) is 13.3. The van der Waals surface area contributed by atoms with E-state index in [1.807, 2.05) is 30.8 Å². The fraction of sp³-hybridized carbons (Fsp3) is 0.273. The van der Waals surface area contributed by atoms with Crippen LogP contribution in [0.2, 0.25) is 0 Å². The van der Waals surface area contributed by atoms with E-state index in [1.165, 1.54) is 0 Å². The smallest absolute Gasteiger partial charge is 0.125 e. The van der Waals surface area contributed by atoms with Crippen molar-refractivity contribution in [1.82, 2.24) is 14.3 Å². The van der Waals surface area contributed by atoms with Crippen LogP contribution in [0.3, 0.4) is 0 Å². The van der Waals surface area contributed by atoms with Crippen molar-refractivity contribution in [1.29, 1.82) is 5.26 Å². The predicted octanol–water partition coefficient (Wildman–Crippen LogP) is 1.03. The number of nitriles is 1. The minimum absolute atomic E-state index is 0.571. The van der Waals surface area contributed by atoms with E-state index in [-0.39, 0.29) is 0 Å². The van der Waals surface area contributed by atoms with Gasteiger partial charge in [-0.2, -0.15) is 10.4 Å². The Balaban J connectivity index is 2.35. The minimum atomic E-state index is 0.571. The Morgan fingerprint density at radius 2 is 2.31 bits per heavy atom. The molecular weight excluding hydrogens is 202 g/mol. The maximum absolute atomic E-state index is 9.04. The first-order valence-corrected chi connectivity index (χ1v) is 4.95. The molecule has 5 heteroatoms. The summed E-state index contributed by atoms with van der Waals surface area (Å²) in [4.78, 5) is 0. The van der Waals surface area contributed by atoms with Crippen molar-refractivity contribution < 1.29 is 0 Å². The number of nitrogens with zero attached hydrogens (tertiary/aromatic N) is 4. The van der Waals surface area contributed by atoms with Crippen LogP contribution in [0.25, 0.3) is 0 Å². The molecule has 2 N–H and O–H groups in total. The molecule has 2 rings (SSSR count). The van der Waals surface area contributed by atoms with E-state index in [0.29, 0.717) is 17.9 Å². The van der Waals surface area contributed by atoms with E-state index in [2.05, 4.69) is 11.2 Å². The number of rotatable bonds is 2. The molecule has 82 valence electrons. The summed E-state index contributed by atoms with van der Waals surface area (Å²) >= 11 is 0.